The highest BCUT2D eigenvalue weighted by Crippen LogP contribution is 2.39. The van der Waals surface area contributed by atoms with E-state index < -0.39 is 0 Å². The predicted molar refractivity (Wildman–Crippen MR) is 262 cm³/mol. The van der Waals surface area contributed by atoms with Crippen LogP contribution in [0.4, 0.5) is 0 Å². The molecule has 0 bridgehead atoms. The number of hydrogen-bond donors (Lipinski definition) is 0. The van der Waals surface area contributed by atoms with Crippen LogP contribution >= 0.6 is 0 Å². The maximum Gasteiger partial charge on any atom is 0.160 e. The van der Waals surface area contributed by atoms with E-state index >= 15 is 0 Å². The standard InChI is InChI=1S/C59H38N4/c1-4-15-40(16-5-1)51-37-53(41-17-6-2-7-18-41)60-52-34-32-45-35-44(31-33-48(45)58(51)52)39-27-29-43(30-28-39)59-61-54(42-19-8-3-9-20-42)38-55(62-59)46-21-14-22-47(36-46)63-56-25-12-10-23-49(56)50-24-11-13-26-57(50)63/h1-38H. The van der Waals surface area contributed by atoms with Gasteiger partial charge in [0.25, 0.3) is 0 Å². The Morgan fingerprint density at radius 2 is 0.841 bits per heavy atom. The van der Waals surface area contributed by atoms with Gasteiger partial charge < -0.3 is 4.57 Å². The van der Waals surface area contributed by atoms with Gasteiger partial charge in [0, 0.05) is 44.1 Å². The van der Waals surface area contributed by atoms with Crippen molar-refractivity contribution in [2.45, 2.75) is 0 Å². The molecule has 63 heavy (non-hydrogen) atoms. The van der Waals surface area contributed by atoms with Gasteiger partial charge in [-0.15, -0.1) is 0 Å². The summed E-state index contributed by atoms with van der Waals surface area (Å²) in [4.78, 5) is 15.6. The quantitative estimate of drug-likeness (QED) is 0.151. The first-order chi connectivity index (χ1) is 31.2. The largest absolute Gasteiger partial charge is 0.309 e. The molecule has 0 amide bonds. The average Bonchev–Trinajstić information content (AvgIpc) is 3.71. The molecule has 0 aliphatic carbocycles. The van der Waals surface area contributed by atoms with E-state index in [1.807, 2.05) is 12.1 Å². The van der Waals surface area contributed by atoms with Gasteiger partial charge in [-0.1, -0.05) is 182 Å². The third kappa shape index (κ3) is 6.53. The molecule has 9 aromatic carbocycles. The molecule has 0 saturated carbocycles. The van der Waals surface area contributed by atoms with E-state index in [-0.39, 0.29) is 0 Å². The lowest BCUT2D eigenvalue weighted by molar-refractivity contribution is 1.16. The number of aromatic nitrogens is 4. The van der Waals surface area contributed by atoms with Crippen LogP contribution in [0.25, 0.3) is 117 Å². The Bertz CT molecular complexity index is 3600. The molecular weight excluding hydrogens is 765 g/mol. The molecule has 12 rings (SSSR count). The molecule has 0 aliphatic rings. The molecule has 3 aromatic heterocycles. The zero-order valence-corrected chi connectivity index (χ0v) is 34.2. The van der Waals surface area contributed by atoms with E-state index in [0.29, 0.717) is 5.82 Å². The van der Waals surface area contributed by atoms with Gasteiger partial charge >= 0.3 is 0 Å². The summed E-state index contributed by atoms with van der Waals surface area (Å²) >= 11 is 0. The molecule has 0 unspecified atom stereocenters. The minimum absolute atomic E-state index is 0.681. The first kappa shape index (κ1) is 36.4. The van der Waals surface area contributed by atoms with Gasteiger partial charge in [0.15, 0.2) is 5.82 Å². The van der Waals surface area contributed by atoms with Crippen molar-refractivity contribution in [3.05, 3.63) is 231 Å². The minimum Gasteiger partial charge on any atom is -0.309 e. The van der Waals surface area contributed by atoms with Gasteiger partial charge in [0.05, 0.1) is 33.6 Å². The molecule has 0 atom stereocenters. The number of pyridine rings is 1. The minimum atomic E-state index is 0.681. The number of hydrogen-bond acceptors (Lipinski definition) is 3. The number of fused-ring (bicyclic) bond motifs is 6. The topological polar surface area (TPSA) is 43.6 Å². The van der Waals surface area contributed by atoms with Gasteiger partial charge in [-0.3, -0.25) is 0 Å². The van der Waals surface area contributed by atoms with Crippen LogP contribution in [0.3, 0.4) is 0 Å². The molecule has 12 aromatic rings. The van der Waals surface area contributed by atoms with Crippen molar-refractivity contribution in [2.24, 2.45) is 0 Å². The van der Waals surface area contributed by atoms with E-state index in [4.69, 9.17) is 15.0 Å². The lowest BCUT2D eigenvalue weighted by atomic mass is 9.93. The van der Waals surface area contributed by atoms with Crippen molar-refractivity contribution in [3.8, 4) is 73.1 Å². The summed E-state index contributed by atoms with van der Waals surface area (Å²) in [6.07, 6.45) is 0. The summed E-state index contributed by atoms with van der Waals surface area (Å²) in [7, 11) is 0. The average molecular weight is 803 g/mol. The maximum atomic E-state index is 5.25. The fourth-order valence-electron chi connectivity index (χ4n) is 9.15. The molecule has 0 spiro atoms. The lowest BCUT2D eigenvalue weighted by Gasteiger charge is -2.14. The molecule has 0 aliphatic heterocycles. The molecule has 4 nitrogen and oxygen atoms in total. The Hall–Kier alpha value is -8.47. The second-order valence-corrected chi connectivity index (χ2v) is 16.0. The summed E-state index contributed by atoms with van der Waals surface area (Å²) in [5, 5.41) is 5.98. The zero-order chi connectivity index (χ0) is 41.7. The Morgan fingerprint density at radius 3 is 1.51 bits per heavy atom. The highest BCUT2D eigenvalue weighted by atomic mass is 15.0. The van der Waals surface area contributed by atoms with Crippen molar-refractivity contribution in [3.63, 3.8) is 0 Å². The second kappa shape index (κ2) is 15.2. The Morgan fingerprint density at radius 1 is 0.302 bits per heavy atom. The molecule has 0 radical (unpaired) electrons. The normalized spacial score (nSPS) is 11.5. The smallest absolute Gasteiger partial charge is 0.160 e. The first-order valence-electron chi connectivity index (χ1n) is 21.3. The van der Waals surface area contributed by atoms with Crippen LogP contribution in [0.5, 0.6) is 0 Å². The van der Waals surface area contributed by atoms with Crippen molar-refractivity contribution in [1.82, 2.24) is 19.5 Å². The van der Waals surface area contributed by atoms with Crippen LogP contribution in [-0.4, -0.2) is 19.5 Å². The highest BCUT2D eigenvalue weighted by molar-refractivity contribution is 6.14. The van der Waals surface area contributed by atoms with Gasteiger partial charge in [0.1, 0.15) is 0 Å². The second-order valence-electron chi connectivity index (χ2n) is 16.0. The fourth-order valence-corrected chi connectivity index (χ4v) is 9.15. The van der Waals surface area contributed by atoms with Gasteiger partial charge in [-0.25, -0.2) is 15.0 Å². The summed E-state index contributed by atoms with van der Waals surface area (Å²) in [6.45, 7) is 0. The van der Waals surface area contributed by atoms with Gasteiger partial charge in [0.2, 0.25) is 0 Å². The Balaban J connectivity index is 0.930. The predicted octanol–water partition coefficient (Wildman–Crippen LogP) is 15.3. The summed E-state index contributed by atoms with van der Waals surface area (Å²) in [6, 6.07) is 81.5. The summed E-state index contributed by atoms with van der Waals surface area (Å²) in [5.41, 5.74) is 15.9. The van der Waals surface area contributed by atoms with Crippen LogP contribution in [0.15, 0.2) is 231 Å². The zero-order valence-electron chi connectivity index (χ0n) is 34.2. The number of rotatable bonds is 7. The Labute approximate surface area is 365 Å². The van der Waals surface area contributed by atoms with Crippen LogP contribution in [-0.2, 0) is 0 Å². The van der Waals surface area contributed by atoms with E-state index in [2.05, 4.69) is 223 Å². The summed E-state index contributed by atoms with van der Waals surface area (Å²) in [5.74, 6) is 0.681. The van der Waals surface area contributed by atoms with Crippen molar-refractivity contribution in [1.29, 1.82) is 0 Å². The molecule has 0 fully saturated rings. The molecule has 294 valence electrons. The van der Waals surface area contributed by atoms with Gasteiger partial charge in [-0.05, 0) is 81.6 Å². The van der Waals surface area contributed by atoms with Crippen LogP contribution < -0.4 is 0 Å². The maximum absolute atomic E-state index is 5.25. The third-order valence-corrected chi connectivity index (χ3v) is 12.2. The van der Waals surface area contributed by atoms with Crippen LogP contribution in [0.2, 0.25) is 0 Å². The highest BCUT2D eigenvalue weighted by Gasteiger charge is 2.17. The van der Waals surface area contributed by atoms with Crippen LogP contribution in [0, 0.1) is 0 Å². The SMILES string of the molecule is c1ccc(-c2cc(-c3cccc(-n4c5ccccc5c5ccccc54)c3)nc(-c3ccc(-c4ccc5c(ccc6nc(-c7ccccc7)cc(-c7ccccc7)c65)c4)cc3)n2)cc1. The molecule has 0 saturated heterocycles. The molecule has 4 heteroatoms. The van der Waals surface area contributed by atoms with E-state index in [1.165, 1.54) is 43.7 Å². The van der Waals surface area contributed by atoms with E-state index in [9.17, 15) is 0 Å². The molecule has 0 N–H and O–H groups in total. The third-order valence-electron chi connectivity index (χ3n) is 12.2. The Kier molecular flexibility index (Phi) is 8.79. The van der Waals surface area contributed by atoms with E-state index in [0.717, 1.165) is 67.1 Å². The van der Waals surface area contributed by atoms with Gasteiger partial charge in [-0.2, -0.15) is 0 Å². The molecule has 3 heterocycles. The number of nitrogens with zero attached hydrogens (tertiary/aromatic N) is 4. The first-order valence-corrected chi connectivity index (χ1v) is 21.3. The van der Waals surface area contributed by atoms with Crippen molar-refractivity contribution in [2.75, 3.05) is 0 Å². The van der Waals surface area contributed by atoms with E-state index in [1.54, 1.807) is 0 Å². The monoisotopic (exact) mass is 802 g/mol. The number of para-hydroxylation sites is 2. The fraction of sp³-hybridized carbons (Fsp3) is 0. The molecular formula is C59H38N4. The lowest BCUT2D eigenvalue weighted by Crippen LogP contribution is -1.98. The van der Waals surface area contributed by atoms with Crippen molar-refractivity contribution < 1.29 is 0 Å². The van der Waals surface area contributed by atoms with Crippen molar-refractivity contribution >= 4 is 43.5 Å². The van der Waals surface area contributed by atoms with Crippen LogP contribution in [0.1, 0.15) is 0 Å². The summed E-state index contributed by atoms with van der Waals surface area (Å²) < 4.78 is 2.35. The number of benzene rings is 9.